The van der Waals surface area contributed by atoms with Gasteiger partial charge in [0, 0.05) is 10.0 Å². The molecule has 7 heteroatoms. The van der Waals surface area contributed by atoms with E-state index < -0.39 is 0 Å². The summed E-state index contributed by atoms with van der Waals surface area (Å²) in [4.78, 5) is 0. The van der Waals surface area contributed by atoms with Crippen molar-refractivity contribution in [1.82, 2.24) is 0 Å². The molecule has 2 aromatic carbocycles. The molecule has 2 rings (SSSR count). The lowest BCUT2D eigenvalue weighted by molar-refractivity contribution is 0.300. The average Bonchev–Trinajstić information content (AvgIpc) is 2.46. The lowest BCUT2D eigenvalue weighted by Gasteiger charge is -2.08. The van der Waals surface area contributed by atoms with Crippen molar-refractivity contribution < 1.29 is 9.13 Å². The Kier molecular flexibility index (Phi) is 5.48. The molecule has 0 saturated carbocycles. The predicted octanol–water partition coefficient (Wildman–Crippen LogP) is 2.77. The molecule has 0 saturated heterocycles. The van der Waals surface area contributed by atoms with Crippen molar-refractivity contribution >= 4 is 28.1 Å². The maximum absolute atomic E-state index is 13.7. The Bertz CT molecular complexity index is 714. The highest BCUT2D eigenvalue weighted by molar-refractivity contribution is 9.10. The second-order valence-corrected chi connectivity index (χ2v) is 5.28. The summed E-state index contributed by atoms with van der Waals surface area (Å²) < 4.78 is 20.0. The van der Waals surface area contributed by atoms with Crippen LogP contribution in [-0.4, -0.2) is 12.2 Å². The number of ether oxygens (including phenoxy) is 1. The molecule has 4 N–H and O–H groups in total. The summed E-state index contributed by atoms with van der Waals surface area (Å²) >= 11 is 3.21. The van der Waals surface area contributed by atoms with Crippen molar-refractivity contribution in [1.29, 1.82) is 0 Å². The van der Waals surface area contributed by atoms with E-state index in [1.54, 1.807) is 30.3 Å². The summed E-state index contributed by atoms with van der Waals surface area (Å²) in [6.07, 6.45) is 1.49. The topological polar surface area (TPSA) is 86.0 Å². The van der Waals surface area contributed by atoms with E-state index in [0.717, 1.165) is 5.56 Å². The Hall–Kier alpha value is -2.41. The largest absolute Gasteiger partial charge is 0.489 e. The molecule has 0 aromatic heterocycles. The molecule has 0 heterocycles. The van der Waals surface area contributed by atoms with Gasteiger partial charge in [0.05, 0.1) is 6.21 Å². The van der Waals surface area contributed by atoms with Gasteiger partial charge in [-0.1, -0.05) is 34.1 Å². The van der Waals surface area contributed by atoms with E-state index in [2.05, 4.69) is 26.1 Å². The molecular formula is C15H14BrFN4O. The minimum atomic E-state index is -0.320. The van der Waals surface area contributed by atoms with Crippen LogP contribution in [0.3, 0.4) is 0 Å². The Labute approximate surface area is 135 Å². The SMILES string of the molecule is NC(N)=NN=Cc1cccc(OCc2ccc(Br)cc2F)c1. The van der Waals surface area contributed by atoms with Crippen LogP contribution >= 0.6 is 15.9 Å². The summed E-state index contributed by atoms with van der Waals surface area (Å²) in [5.74, 6) is 0.158. The molecule has 0 aliphatic carbocycles. The highest BCUT2D eigenvalue weighted by atomic mass is 79.9. The molecule has 5 nitrogen and oxygen atoms in total. The van der Waals surface area contributed by atoms with Crippen LogP contribution in [0.4, 0.5) is 4.39 Å². The van der Waals surface area contributed by atoms with Crippen LogP contribution in [0.5, 0.6) is 5.75 Å². The van der Waals surface area contributed by atoms with Crippen LogP contribution < -0.4 is 16.2 Å². The molecule has 0 fully saturated rings. The van der Waals surface area contributed by atoms with Crippen LogP contribution in [0.15, 0.2) is 57.1 Å². The zero-order chi connectivity index (χ0) is 15.9. The monoisotopic (exact) mass is 364 g/mol. The van der Waals surface area contributed by atoms with Gasteiger partial charge in [0.25, 0.3) is 0 Å². The van der Waals surface area contributed by atoms with Gasteiger partial charge in [-0.25, -0.2) is 4.39 Å². The normalized spacial score (nSPS) is 10.6. The van der Waals surface area contributed by atoms with Gasteiger partial charge in [0.15, 0.2) is 0 Å². The van der Waals surface area contributed by atoms with Crippen LogP contribution in [-0.2, 0) is 6.61 Å². The molecule has 0 aliphatic heterocycles. The summed E-state index contributed by atoms with van der Waals surface area (Å²) in [6.45, 7) is 0.133. The van der Waals surface area contributed by atoms with Gasteiger partial charge in [-0.3, -0.25) is 0 Å². The first-order valence-corrected chi connectivity index (χ1v) is 7.12. The second kappa shape index (κ2) is 7.56. The van der Waals surface area contributed by atoms with E-state index in [9.17, 15) is 4.39 Å². The summed E-state index contributed by atoms with van der Waals surface area (Å²) in [5, 5.41) is 7.23. The van der Waals surface area contributed by atoms with Gasteiger partial charge in [-0.05, 0) is 29.8 Å². The van der Waals surface area contributed by atoms with Gasteiger partial charge in [-0.2, -0.15) is 5.10 Å². The van der Waals surface area contributed by atoms with Crippen molar-refractivity contribution in [3.05, 3.63) is 63.9 Å². The maximum atomic E-state index is 13.7. The molecule has 22 heavy (non-hydrogen) atoms. The number of nitrogens with two attached hydrogens (primary N) is 2. The van der Waals surface area contributed by atoms with Gasteiger partial charge in [-0.15, -0.1) is 5.10 Å². The first kappa shape index (κ1) is 16.0. The molecule has 0 unspecified atom stereocenters. The highest BCUT2D eigenvalue weighted by Crippen LogP contribution is 2.18. The van der Waals surface area contributed by atoms with E-state index in [4.69, 9.17) is 16.2 Å². The fourth-order valence-corrected chi connectivity index (χ4v) is 1.98. The van der Waals surface area contributed by atoms with E-state index >= 15 is 0 Å². The number of halogens is 2. The fourth-order valence-electron chi connectivity index (χ4n) is 1.65. The molecule has 114 valence electrons. The number of hydrogen-bond acceptors (Lipinski definition) is 3. The van der Waals surface area contributed by atoms with Gasteiger partial charge in [0.2, 0.25) is 5.96 Å². The average molecular weight is 365 g/mol. The van der Waals surface area contributed by atoms with Gasteiger partial charge < -0.3 is 16.2 Å². The second-order valence-electron chi connectivity index (χ2n) is 4.37. The Balaban J connectivity index is 2.04. The van der Waals surface area contributed by atoms with Crippen molar-refractivity contribution in [3.63, 3.8) is 0 Å². The minimum Gasteiger partial charge on any atom is -0.489 e. The Morgan fingerprint density at radius 1 is 1.23 bits per heavy atom. The third kappa shape index (κ3) is 4.85. The predicted molar refractivity (Wildman–Crippen MR) is 88.3 cm³/mol. The molecule has 0 atom stereocenters. The van der Waals surface area contributed by atoms with Crippen LogP contribution in [0, 0.1) is 5.82 Å². The Morgan fingerprint density at radius 2 is 2.05 bits per heavy atom. The van der Waals surface area contributed by atoms with E-state index in [1.165, 1.54) is 12.3 Å². The number of guanidine groups is 1. The minimum absolute atomic E-state index is 0.116. The Morgan fingerprint density at radius 3 is 2.77 bits per heavy atom. The molecule has 0 radical (unpaired) electrons. The number of hydrogen-bond donors (Lipinski definition) is 2. The molecule has 0 aliphatic rings. The van der Waals surface area contributed by atoms with Crippen LogP contribution in [0.1, 0.15) is 11.1 Å². The van der Waals surface area contributed by atoms with Crippen LogP contribution in [0.2, 0.25) is 0 Å². The zero-order valence-corrected chi connectivity index (χ0v) is 13.1. The van der Waals surface area contributed by atoms with Crippen molar-refractivity contribution in [2.24, 2.45) is 21.7 Å². The summed E-state index contributed by atoms with van der Waals surface area (Å²) in [6, 6.07) is 12.0. The van der Waals surface area contributed by atoms with Crippen molar-refractivity contribution in [3.8, 4) is 5.75 Å². The molecule has 2 aromatic rings. The lowest BCUT2D eigenvalue weighted by Crippen LogP contribution is -2.21. The maximum Gasteiger partial charge on any atom is 0.211 e. The van der Waals surface area contributed by atoms with Crippen molar-refractivity contribution in [2.45, 2.75) is 6.61 Å². The summed E-state index contributed by atoms with van der Waals surface area (Å²) in [5.41, 5.74) is 11.6. The van der Waals surface area contributed by atoms with Crippen molar-refractivity contribution in [2.75, 3.05) is 0 Å². The summed E-state index contributed by atoms with van der Waals surface area (Å²) in [7, 11) is 0. The van der Waals surface area contributed by atoms with Crippen LogP contribution in [0.25, 0.3) is 0 Å². The van der Waals surface area contributed by atoms with Gasteiger partial charge >= 0.3 is 0 Å². The molecule has 0 spiro atoms. The molecule has 0 amide bonds. The fraction of sp³-hybridized carbons (Fsp3) is 0.0667. The first-order valence-electron chi connectivity index (χ1n) is 6.33. The number of rotatable bonds is 5. The number of benzene rings is 2. The number of nitrogens with zero attached hydrogens (tertiary/aromatic N) is 2. The lowest BCUT2D eigenvalue weighted by atomic mass is 10.2. The molecular weight excluding hydrogens is 351 g/mol. The highest BCUT2D eigenvalue weighted by Gasteiger charge is 2.04. The third-order valence-corrected chi connectivity index (χ3v) is 3.14. The first-order chi connectivity index (χ1) is 10.5. The van der Waals surface area contributed by atoms with Gasteiger partial charge in [0.1, 0.15) is 18.2 Å². The smallest absolute Gasteiger partial charge is 0.211 e. The standard InChI is InChI=1S/C15H14BrFN4O/c16-12-5-4-11(14(17)7-12)9-22-13-3-1-2-10(6-13)8-20-21-15(18)19/h1-8H,9H2,(H4,18,19,21). The van der Waals surface area contributed by atoms with E-state index in [0.29, 0.717) is 15.8 Å². The molecule has 0 bridgehead atoms. The zero-order valence-electron chi connectivity index (χ0n) is 11.5. The van der Waals surface area contributed by atoms with E-state index in [1.807, 2.05) is 6.07 Å². The van der Waals surface area contributed by atoms with E-state index in [-0.39, 0.29) is 18.4 Å². The third-order valence-electron chi connectivity index (χ3n) is 2.65. The quantitative estimate of drug-likeness (QED) is 0.485.